The van der Waals surface area contributed by atoms with E-state index >= 15 is 0 Å². The van der Waals surface area contributed by atoms with Crippen LogP contribution in [0.25, 0.3) is 5.69 Å². The van der Waals surface area contributed by atoms with Gasteiger partial charge in [-0.25, -0.2) is 13.1 Å². The van der Waals surface area contributed by atoms with Crippen molar-refractivity contribution in [3.8, 4) is 5.69 Å². The molecule has 0 aliphatic heterocycles. The molecule has 1 aromatic heterocycles. The van der Waals surface area contributed by atoms with E-state index in [1.165, 1.54) is 4.31 Å². The van der Waals surface area contributed by atoms with E-state index in [9.17, 15) is 13.2 Å². The third-order valence-corrected chi connectivity index (χ3v) is 6.90. The Morgan fingerprint density at radius 1 is 1.03 bits per heavy atom. The third kappa shape index (κ3) is 4.60. The van der Waals surface area contributed by atoms with Gasteiger partial charge in [0.25, 0.3) is 5.91 Å². The molecule has 158 valence electrons. The van der Waals surface area contributed by atoms with Crippen molar-refractivity contribution < 1.29 is 13.2 Å². The highest BCUT2D eigenvalue weighted by Crippen LogP contribution is 2.16. The van der Waals surface area contributed by atoms with Crippen LogP contribution in [0.2, 0.25) is 0 Å². The Morgan fingerprint density at radius 3 is 2.27 bits per heavy atom. The maximum Gasteiger partial charge on any atom is 0.272 e. The monoisotopic (exact) mass is 426 g/mol. The summed E-state index contributed by atoms with van der Waals surface area (Å²) < 4.78 is 28.2. The summed E-state index contributed by atoms with van der Waals surface area (Å²) in [6.45, 7) is 6.64. The van der Waals surface area contributed by atoms with Crippen LogP contribution in [0.3, 0.4) is 0 Å². The number of hydrogen-bond acceptors (Lipinski definition) is 4. The lowest BCUT2D eigenvalue weighted by Crippen LogP contribution is -2.30. The number of hydrogen-bond donors (Lipinski definition) is 1. The van der Waals surface area contributed by atoms with Crippen molar-refractivity contribution >= 4 is 15.9 Å². The van der Waals surface area contributed by atoms with E-state index in [4.69, 9.17) is 0 Å². The zero-order chi connectivity index (χ0) is 21.7. The number of carbonyl (C=O) groups excluding carboxylic acids is 1. The van der Waals surface area contributed by atoms with Crippen molar-refractivity contribution in [2.45, 2.75) is 32.2 Å². The Labute approximate surface area is 177 Å². The molecule has 3 rings (SSSR count). The van der Waals surface area contributed by atoms with E-state index < -0.39 is 10.0 Å². The smallest absolute Gasteiger partial charge is 0.272 e. The van der Waals surface area contributed by atoms with Crippen LogP contribution >= 0.6 is 0 Å². The van der Waals surface area contributed by atoms with E-state index in [1.807, 2.05) is 51.1 Å². The minimum absolute atomic E-state index is 0.249. The van der Waals surface area contributed by atoms with Crippen LogP contribution in [0.5, 0.6) is 0 Å². The van der Waals surface area contributed by atoms with Crippen molar-refractivity contribution in [3.05, 3.63) is 77.6 Å². The largest absolute Gasteiger partial charge is 0.347 e. The lowest BCUT2D eigenvalue weighted by Gasteiger charge is -2.18. The molecule has 0 aliphatic rings. The van der Waals surface area contributed by atoms with Crippen LogP contribution in [-0.4, -0.2) is 41.5 Å². The van der Waals surface area contributed by atoms with E-state index in [-0.39, 0.29) is 17.3 Å². The van der Waals surface area contributed by atoms with Crippen LogP contribution in [0.15, 0.2) is 65.6 Å². The molecule has 0 radical (unpaired) electrons. The number of para-hydroxylation sites is 1. The highest BCUT2D eigenvalue weighted by molar-refractivity contribution is 7.89. The molecule has 3 aromatic rings. The van der Waals surface area contributed by atoms with E-state index in [0.717, 1.165) is 16.9 Å². The van der Waals surface area contributed by atoms with Gasteiger partial charge in [-0.15, -0.1) is 0 Å². The van der Waals surface area contributed by atoms with Crippen molar-refractivity contribution in [1.82, 2.24) is 19.4 Å². The lowest BCUT2D eigenvalue weighted by molar-refractivity contribution is 0.0945. The van der Waals surface area contributed by atoms with Crippen molar-refractivity contribution in [2.75, 3.05) is 13.1 Å². The predicted molar refractivity (Wildman–Crippen MR) is 116 cm³/mol. The average Bonchev–Trinajstić information content (AvgIpc) is 3.15. The van der Waals surface area contributed by atoms with Gasteiger partial charge in [0.2, 0.25) is 10.0 Å². The molecule has 0 fully saturated rings. The van der Waals surface area contributed by atoms with E-state index in [1.54, 1.807) is 35.0 Å². The normalized spacial score (nSPS) is 11.6. The molecule has 0 spiro atoms. The quantitative estimate of drug-likeness (QED) is 0.600. The first-order chi connectivity index (χ1) is 14.4. The van der Waals surface area contributed by atoms with Crippen LogP contribution in [0.4, 0.5) is 0 Å². The summed E-state index contributed by atoms with van der Waals surface area (Å²) in [6, 6.07) is 17.9. The van der Waals surface area contributed by atoms with Gasteiger partial charge in [-0.2, -0.15) is 9.40 Å². The molecule has 0 saturated carbocycles. The summed E-state index contributed by atoms with van der Waals surface area (Å²) in [6.07, 6.45) is 0. The molecule has 1 amide bonds. The summed E-state index contributed by atoms with van der Waals surface area (Å²) in [5.41, 5.74) is 2.88. The molecular weight excluding hydrogens is 400 g/mol. The molecular formula is C22H26N4O3S. The van der Waals surface area contributed by atoms with Crippen LogP contribution in [0.1, 0.15) is 35.6 Å². The molecule has 0 aliphatic carbocycles. The molecule has 0 bridgehead atoms. The van der Waals surface area contributed by atoms with Gasteiger partial charge in [0.1, 0.15) is 0 Å². The molecule has 30 heavy (non-hydrogen) atoms. The van der Waals surface area contributed by atoms with Crippen LogP contribution < -0.4 is 5.32 Å². The molecule has 0 atom stereocenters. The Balaban J connectivity index is 1.67. The fraction of sp³-hybridized carbons (Fsp3) is 0.273. The number of rotatable bonds is 8. The average molecular weight is 427 g/mol. The summed E-state index contributed by atoms with van der Waals surface area (Å²) in [5, 5.41) is 7.23. The second-order valence-corrected chi connectivity index (χ2v) is 8.77. The van der Waals surface area contributed by atoms with Gasteiger partial charge in [0, 0.05) is 25.3 Å². The van der Waals surface area contributed by atoms with Crippen LogP contribution in [-0.2, 0) is 16.6 Å². The first-order valence-corrected chi connectivity index (χ1v) is 11.3. The van der Waals surface area contributed by atoms with E-state index in [0.29, 0.717) is 18.8 Å². The highest BCUT2D eigenvalue weighted by atomic mass is 32.2. The molecule has 1 heterocycles. The topological polar surface area (TPSA) is 84.3 Å². The van der Waals surface area contributed by atoms with Gasteiger partial charge in [-0.05, 0) is 42.8 Å². The first-order valence-electron chi connectivity index (χ1n) is 9.86. The molecule has 7 nitrogen and oxygen atoms in total. The van der Waals surface area contributed by atoms with Gasteiger partial charge in [0.05, 0.1) is 10.6 Å². The molecule has 1 N–H and O–H groups in total. The maximum atomic E-state index is 12.6. The molecule has 2 aromatic carbocycles. The molecule has 0 unspecified atom stereocenters. The minimum Gasteiger partial charge on any atom is -0.347 e. The lowest BCUT2D eigenvalue weighted by atomic mass is 10.2. The summed E-state index contributed by atoms with van der Waals surface area (Å²) in [7, 11) is -3.49. The zero-order valence-electron chi connectivity index (χ0n) is 17.4. The second kappa shape index (κ2) is 9.23. The maximum absolute atomic E-state index is 12.6. The molecule has 0 saturated heterocycles. The van der Waals surface area contributed by atoms with Crippen LogP contribution in [0, 0.1) is 6.92 Å². The number of sulfonamides is 1. The number of aryl methyl sites for hydroxylation is 1. The zero-order valence-corrected chi connectivity index (χ0v) is 18.2. The van der Waals surface area contributed by atoms with Gasteiger partial charge in [0.15, 0.2) is 5.69 Å². The fourth-order valence-electron chi connectivity index (χ4n) is 3.18. The summed E-state index contributed by atoms with van der Waals surface area (Å²) in [5.74, 6) is -0.285. The van der Waals surface area contributed by atoms with Crippen molar-refractivity contribution in [2.24, 2.45) is 0 Å². The number of aromatic nitrogens is 2. The summed E-state index contributed by atoms with van der Waals surface area (Å²) >= 11 is 0. The van der Waals surface area contributed by atoms with Gasteiger partial charge in [-0.3, -0.25) is 4.79 Å². The first kappa shape index (κ1) is 21.7. The Bertz CT molecular complexity index is 1100. The number of benzene rings is 2. The van der Waals surface area contributed by atoms with Gasteiger partial charge < -0.3 is 5.32 Å². The standard InChI is InChI=1S/C22H26N4O3S/c1-4-25(5-2)30(28,29)20-13-11-18(12-14-20)16-23-22(27)21-15-17(3)26(24-21)19-9-7-6-8-10-19/h6-15H,4-5,16H2,1-3H3,(H,23,27). The number of nitrogens with zero attached hydrogens (tertiary/aromatic N) is 3. The molecule has 8 heteroatoms. The predicted octanol–water partition coefficient (Wildman–Crippen LogP) is 3.14. The van der Waals surface area contributed by atoms with E-state index in [2.05, 4.69) is 10.4 Å². The Kier molecular flexibility index (Phi) is 6.69. The second-order valence-electron chi connectivity index (χ2n) is 6.83. The minimum atomic E-state index is -3.49. The van der Waals surface area contributed by atoms with Crippen molar-refractivity contribution in [1.29, 1.82) is 0 Å². The van der Waals surface area contributed by atoms with Gasteiger partial charge in [-0.1, -0.05) is 44.2 Å². The Hall–Kier alpha value is -2.97. The number of carbonyl (C=O) groups is 1. The fourth-order valence-corrected chi connectivity index (χ4v) is 4.64. The van der Waals surface area contributed by atoms with Crippen molar-refractivity contribution in [3.63, 3.8) is 0 Å². The van der Waals surface area contributed by atoms with Gasteiger partial charge >= 0.3 is 0 Å². The SMILES string of the molecule is CCN(CC)S(=O)(=O)c1ccc(CNC(=O)c2cc(C)n(-c3ccccc3)n2)cc1. The highest BCUT2D eigenvalue weighted by Gasteiger charge is 2.21. The Morgan fingerprint density at radius 2 is 1.67 bits per heavy atom. The summed E-state index contributed by atoms with van der Waals surface area (Å²) in [4.78, 5) is 12.8. The third-order valence-electron chi connectivity index (χ3n) is 4.84. The number of nitrogens with one attached hydrogen (secondary N) is 1. The number of amides is 1.